The first kappa shape index (κ1) is 39.7. The third-order valence-corrected chi connectivity index (χ3v) is 5.53. The Kier molecular flexibility index (Phi) is 10.0. The summed E-state index contributed by atoms with van der Waals surface area (Å²) < 4.78 is 314. The summed E-state index contributed by atoms with van der Waals surface area (Å²) in [6.45, 7) is 0. The summed E-state index contributed by atoms with van der Waals surface area (Å²) >= 11 is 0. The van der Waals surface area contributed by atoms with Crippen molar-refractivity contribution in [2.45, 2.75) is 59.0 Å². The van der Waals surface area contributed by atoms with Crippen molar-refractivity contribution in [1.82, 2.24) is 0 Å². The molecule has 0 fully saturated rings. The molecule has 1 aromatic rings. The molecule has 0 atom stereocenters. The Balaban J connectivity index is 0.0000160. The van der Waals surface area contributed by atoms with Crippen molar-refractivity contribution >= 4 is 10.1 Å². The Bertz CT molecular complexity index is 1240. The molecule has 0 amide bonds. The number of alkyl halides is 21. The van der Waals surface area contributed by atoms with Crippen LogP contribution >= 0.6 is 0 Å². The van der Waals surface area contributed by atoms with Crippen LogP contribution in [-0.2, 0) is 27.9 Å². The molecule has 0 aromatic heterocycles. The Morgan fingerprint density at radius 2 is 0.732 bits per heavy atom. The fraction of sp³-hybridized carbons (Fsp3) is 0.600. The van der Waals surface area contributed by atoms with Crippen molar-refractivity contribution in [3.63, 3.8) is 0 Å². The van der Waals surface area contributed by atoms with Crippen LogP contribution in [0.4, 0.5) is 92.2 Å². The van der Waals surface area contributed by atoms with E-state index in [4.69, 9.17) is 0 Å². The SMILES string of the molecule is O=S(=O)([O-])c1ccc(C(F)(F)C(F)(F)C(F)(F)F)c(C(F)(F)C(F)(F)C(F)(F)F)c1C(F)(F)C(F)(F)C(F)(F)F.[Na+]. The van der Waals surface area contributed by atoms with Gasteiger partial charge in [-0.25, -0.2) is 8.42 Å². The van der Waals surface area contributed by atoms with Crippen molar-refractivity contribution in [2.75, 3.05) is 0 Å². The summed E-state index contributed by atoms with van der Waals surface area (Å²) in [6.07, 6.45) is -23.7. The molecule has 0 aliphatic rings. The minimum atomic E-state index is -8.32. The summed E-state index contributed by atoms with van der Waals surface area (Å²) in [6, 6.07) is -3.40. The molecule has 0 saturated heterocycles. The predicted molar refractivity (Wildman–Crippen MR) is 79.1 cm³/mol. The molecule has 41 heavy (non-hydrogen) atoms. The van der Waals surface area contributed by atoms with Gasteiger partial charge in [-0.3, -0.25) is 0 Å². The molecule has 0 heterocycles. The first-order chi connectivity index (χ1) is 17.0. The first-order valence-corrected chi connectivity index (χ1v) is 9.99. The fourth-order valence-corrected chi connectivity index (χ4v) is 3.42. The van der Waals surface area contributed by atoms with Gasteiger partial charge in [-0.15, -0.1) is 0 Å². The average Bonchev–Trinajstić information content (AvgIpc) is 2.68. The van der Waals surface area contributed by atoms with Crippen LogP contribution in [-0.4, -0.2) is 49.3 Å². The minimum absolute atomic E-state index is 0. The topological polar surface area (TPSA) is 57.2 Å². The van der Waals surface area contributed by atoms with Gasteiger partial charge in [0.05, 0.1) is 10.5 Å². The van der Waals surface area contributed by atoms with Crippen LogP contribution in [0, 0.1) is 0 Å². The summed E-state index contributed by atoms with van der Waals surface area (Å²) in [7, 11) is -7.46. The molecule has 0 bridgehead atoms. The van der Waals surface area contributed by atoms with Gasteiger partial charge in [-0.05, 0) is 6.07 Å². The molecule has 1 rings (SSSR count). The summed E-state index contributed by atoms with van der Waals surface area (Å²) in [5, 5.41) is 0. The molecular weight excluding hydrogens is 682 g/mol. The van der Waals surface area contributed by atoms with Gasteiger partial charge in [-0.2, -0.15) is 92.2 Å². The summed E-state index contributed by atoms with van der Waals surface area (Å²) in [5.74, 6) is -48.9. The molecule has 0 unspecified atom stereocenters. The largest absolute Gasteiger partial charge is 1.00 e. The quantitative estimate of drug-likeness (QED) is 0.242. The Hall–Kier alpha value is -1.34. The van der Waals surface area contributed by atoms with Crippen LogP contribution in [0.3, 0.4) is 0 Å². The second-order valence-corrected chi connectivity index (χ2v) is 8.60. The Labute approximate surface area is 232 Å². The van der Waals surface area contributed by atoms with Gasteiger partial charge in [0.15, 0.2) is 0 Å². The second kappa shape index (κ2) is 10.4. The zero-order valence-electron chi connectivity index (χ0n) is 18.2. The number of rotatable bonds is 7. The molecule has 0 spiro atoms. The van der Waals surface area contributed by atoms with E-state index in [2.05, 4.69) is 0 Å². The van der Waals surface area contributed by atoms with Gasteiger partial charge >= 0.3 is 83.6 Å². The molecule has 0 N–H and O–H groups in total. The summed E-state index contributed by atoms with van der Waals surface area (Å²) in [4.78, 5) is -3.84. The van der Waals surface area contributed by atoms with Gasteiger partial charge < -0.3 is 4.55 Å². The van der Waals surface area contributed by atoms with Crippen molar-refractivity contribution in [1.29, 1.82) is 0 Å². The molecule has 3 nitrogen and oxygen atoms in total. The van der Waals surface area contributed by atoms with Crippen molar-refractivity contribution < 1.29 is 135 Å². The average molecular weight is 684 g/mol. The number of hydrogen-bond donors (Lipinski definition) is 0. The van der Waals surface area contributed by atoms with Crippen LogP contribution in [0.1, 0.15) is 16.7 Å². The maximum atomic E-state index is 14.5. The van der Waals surface area contributed by atoms with E-state index < -0.39 is 97.9 Å². The maximum absolute atomic E-state index is 14.5. The van der Waals surface area contributed by atoms with Crippen LogP contribution in [0.2, 0.25) is 0 Å². The van der Waals surface area contributed by atoms with Crippen LogP contribution in [0.25, 0.3) is 0 Å². The molecule has 1 aromatic carbocycles. The number of hydrogen-bond acceptors (Lipinski definition) is 3. The fourth-order valence-electron chi connectivity index (χ4n) is 2.71. The zero-order chi connectivity index (χ0) is 32.7. The van der Waals surface area contributed by atoms with E-state index in [9.17, 15) is 105 Å². The van der Waals surface area contributed by atoms with Gasteiger partial charge in [-0.1, -0.05) is 6.07 Å². The minimum Gasteiger partial charge on any atom is -0.744 e. The smallest absolute Gasteiger partial charge is 0.744 e. The summed E-state index contributed by atoms with van der Waals surface area (Å²) in [5.41, 5.74) is -14.8. The van der Waals surface area contributed by atoms with E-state index in [1.165, 1.54) is 0 Å². The maximum Gasteiger partial charge on any atom is 1.00 e. The first-order valence-electron chi connectivity index (χ1n) is 8.58. The molecule has 0 saturated carbocycles. The van der Waals surface area contributed by atoms with E-state index in [0.717, 1.165) is 0 Å². The third-order valence-electron chi connectivity index (χ3n) is 4.65. The van der Waals surface area contributed by atoms with E-state index in [0.29, 0.717) is 0 Å². The van der Waals surface area contributed by atoms with Gasteiger partial charge in [0.1, 0.15) is 10.1 Å². The number of halogens is 21. The zero-order valence-corrected chi connectivity index (χ0v) is 21.0. The van der Waals surface area contributed by atoms with Gasteiger partial charge in [0, 0.05) is 11.1 Å². The Morgan fingerprint density at radius 3 is 1.00 bits per heavy atom. The predicted octanol–water partition coefficient (Wildman–Crippen LogP) is 4.46. The van der Waals surface area contributed by atoms with Crippen molar-refractivity contribution in [3.8, 4) is 0 Å². The standard InChI is InChI=1S/C15H3F21O3S.Na/c16-7(17,10(22,23)13(28,29)30)3-1-2-4(40(37,38)39)6(9(20,21)12(26,27)15(34,35)36)5(3)8(18,19)11(24,25)14(31,32)33;/h1-2H,(H,37,38,39);/q;+1/p-1. The van der Waals surface area contributed by atoms with Gasteiger partial charge in [0.25, 0.3) is 0 Å². The monoisotopic (exact) mass is 684 g/mol. The van der Waals surface area contributed by atoms with Crippen LogP contribution in [0.5, 0.6) is 0 Å². The Morgan fingerprint density at radius 1 is 0.463 bits per heavy atom. The molecule has 26 heteroatoms. The van der Waals surface area contributed by atoms with E-state index in [-0.39, 0.29) is 29.6 Å². The second-order valence-electron chi connectivity index (χ2n) is 7.26. The molecule has 0 aliphatic carbocycles. The number of benzene rings is 1. The van der Waals surface area contributed by atoms with E-state index >= 15 is 0 Å². The molecular formula is C15H2F21NaO3S. The van der Waals surface area contributed by atoms with Crippen molar-refractivity contribution in [2.24, 2.45) is 0 Å². The van der Waals surface area contributed by atoms with Crippen LogP contribution < -0.4 is 29.6 Å². The molecule has 0 radical (unpaired) electrons. The van der Waals surface area contributed by atoms with E-state index in [1.54, 1.807) is 0 Å². The van der Waals surface area contributed by atoms with Crippen molar-refractivity contribution in [3.05, 3.63) is 28.8 Å². The van der Waals surface area contributed by atoms with Gasteiger partial charge in [0.2, 0.25) is 0 Å². The van der Waals surface area contributed by atoms with E-state index in [1.807, 2.05) is 0 Å². The van der Waals surface area contributed by atoms with Crippen LogP contribution in [0.15, 0.2) is 17.0 Å². The molecule has 0 aliphatic heterocycles. The normalized spacial score (nSPS) is 15.6. The third kappa shape index (κ3) is 5.92. The molecule has 234 valence electrons.